The maximum absolute atomic E-state index is 5.62. The van der Waals surface area contributed by atoms with Crippen molar-refractivity contribution in [1.29, 1.82) is 0 Å². The summed E-state index contributed by atoms with van der Waals surface area (Å²) < 4.78 is 11.2. The Bertz CT molecular complexity index is 615. The number of ether oxygens (including phenoxy) is 2. The summed E-state index contributed by atoms with van der Waals surface area (Å²) in [5, 5.41) is 14.0. The van der Waals surface area contributed by atoms with Gasteiger partial charge in [-0.2, -0.15) is 0 Å². The van der Waals surface area contributed by atoms with Crippen LogP contribution in [0.3, 0.4) is 0 Å². The normalized spacial score (nSPS) is 15.0. The number of rotatable bonds is 5. The van der Waals surface area contributed by atoms with E-state index in [0.29, 0.717) is 13.2 Å². The van der Waals surface area contributed by atoms with Gasteiger partial charge in [-0.1, -0.05) is 25.2 Å². The van der Waals surface area contributed by atoms with Gasteiger partial charge in [0.25, 0.3) is 0 Å². The number of fused-ring (bicyclic) bond motifs is 1. The Morgan fingerprint density at radius 1 is 1.19 bits per heavy atom. The van der Waals surface area contributed by atoms with Crippen molar-refractivity contribution in [1.82, 2.24) is 15.5 Å². The molecule has 6 heteroatoms. The third-order valence-electron chi connectivity index (χ3n) is 3.39. The third kappa shape index (κ3) is 3.01. The second-order valence-corrected chi connectivity index (χ2v) is 5.83. The molecular weight excluding hydrogens is 286 g/mol. The molecule has 0 radical (unpaired) electrons. The smallest absolute Gasteiger partial charge is 0.162 e. The molecule has 0 fully saturated rings. The fraction of sp³-hybridized carbons (Fsp3) is 0.467. The van der Waals surface area contributed by atoms with Crippen LogP contribution in [-0.2, 0) is 0 Å². The van der Waals surface area contributed by atoms with Crippen LogP contribution in [0.4, 0.5) is 0 Å². The first-order valence-corrected chi connectivity index (χ1v) is 8.10. The predicted octanol–water partition coefficient (Wildman–Crippen LogP) is 3.04. The molecule has 1 atom stereocenters. The molecule has 0 saturated carbocycles. The summed E-state index contributed by atoms with van der Waals surface area (Å²) in [5.74, 6) is 1.59. The fourth-order valence-corrected chi connectivity index (χ4v) is 3.32. The lowest BCUT2D eigenvalue weighted by molar-refractivity contribution is 0.171. The average molecular weight is 305 g/mol. The van der Waals surface area contributed by atoms with Gasteiger partial charge in [0.15, 0.2) is 11.5 Å². The number of nitrogens with zero attached hydrogens (tertiary/aromatic N) is 2. The molecule has 1 aromatic carbocycles. The molecule has 0 saturated heterocycles. The number of aromatic nitrogens is 2. The first kappa shape index (κ1) is 14.3. The van der Waals surface area contributed by atoms with E-state index in [1.807, 2.05) is 18.2 Å². The van der Waals surface area contributed by atoms with Gasteiger partial charge in [-0.05, 0) is 31.2 Å². The van der Waals surface area contributed by atoms with Gasteiger partial charge in [-0.15, -0.1) is 10.2 Å². The number of benzene rings is 1. The SMILES string of the molecule is CCNC(CC)c1nnc(-c2ccc3c(c2)OCCO3)s1. The molecule has 0 bridgehead atoms. The maximum atomic E-state index is 5.62. The van der Waals surface area contributed by atoms with E-state index < -0.39 is 0 Å². The van der Waals surface area contributed by atoms with Gasteiger partial charge < -0.3 is 14.8 Å². The second kappa shape index (κ2) is 6.41. The fourth-order valence-electron chi connectivity index (χ4n) is 2.32. The zero-order chi connectivity index (χ0) is 14.7. The first-order valence-electron chi connectivity index (χ1n) is 7.28. The molecule has 1 aliphatic rings. The van der Waals surface area contributed by atoms with E-state index in [1.54, 1.807) is 11.3 Å². The van der Waals surface area contributed by atoms with Crippen molar-refractivity contribution in [2.45, 2.75) is 26.3 Å². The summed E-state index contributed by atoms with van der Waals surface area (Å²) in [6.07, 6.45) is 1.00. The minimum absolute atomic E-state index is 0.276. The number of hydrogen-bond acceptors (Lipinski definition) is 6. The van der Waals surface area contributed by atoms with E-state index in [1.165, 1.54) is 0 Å². The standard InChI is InChI=1S/C15H19N3O2S/c1-3-11(16-4-2)15-18-17-14(21-15)10-5-6-12-13(9-10)20-8-7-19-12/h5-6,9,11,16H,3-4,7-8H2,1-2H3. The highest BCUT2D eigenvalue weighted by atomic mass is 32.1. The number of nitrogens with one attached hydrogen (secondary N) is 1. The highest BCUT2D eigenvalue weighted by Crippen LogP contribution is 2.36. The lowest BCUT2D eigenvalue weighted by atomic mass is 10.2. The molecule has 1 unspecified atom stereocenters. The molecule has 21 heavy (non-hydrogen) atoms. The Hall–Kier alpha value is -1.66. The summed E-state index contributed by atoms with van der Waals surface area (Å²) in [6.45, 7) is 6.38. The summed E-state index contributed by atoms with van der Waals surface area (Å²) in [6, 6.07) is 6.20. The average Bonchev–Trinajstić information content (AvgIpc) is 3.02. The zero-order valence-corrected chi connectivity index (χ0v) is 13.1. The van der Waals surface area contributed by atoms with Crippen LogP contribution < -0.4 is 14.8 Å². The van der Waals surface area contributed by atoms with Crippen molar-refractivity contribution < 1.29 is 9.47 Å². The molecule has 2 aromatic rings. The molecule has 1 aliphatic heterocycles. The van der Waals surface area contributed by atoms with Crippen LogP contribution in [0.25, 0.3) is 10.6 Å². The molecule has 1 aromatic heterocycles. The Morgan fingerprint density at radius 3 is 2.76 bits per heavy atom. The Kier molecular flexibility index (Phi) is 4.36. The Balaban J connectivity index is 1.85. The number of hydrogen-bond donors (Lipinski definition) is 1. The molecule has 0 aliphatic carbocycles. The molecule has 2 heterocycles. The minimum Gasteiger partial charge on any atom is -0.486 e. The van der Waals surface area contributed by atoms with E-state index in [0.717, 1.165) is 40.0 Å². The topological polar surface area (TPSA) is 56.3 Å². The van der Waals surface area contributed by atoms with Crippen LogP contribution in [-0.4, -0.2) is 30.0 Å². The molecular formula is C15H19N3O2S. The van der Waals surface area contributed by atoms with E-state index in [-0.39, 0.29) is 6.04 Å². The van der Waals surface area contributed by atoms with Crippen molar-refractivity contribution in [3.05, 3.63) is 23.2 Å². The van der Waals surface area contributed by atoms with Crippen molar-refractivity contribution in [2.24, 2.45) is 0 Å². The van der Waals surface area contributed by atoms with E-state index in [9.17, 15) is 0 Å². The van der Waals surface area contributed by atoms with Crippen LogP contribution in [0.1, 0.15) is 31.3 Å². The Morgan fingerprint density at radius 2 is 2.00 bits per heavy atom. The van der Waals surface area contributed by atoms with Gasteiger partial charge in [0.05, 0.1) is 6.04 Å². The predicted molar refractivity (Wildman–Crippen MR) is 83.0 cm³/mol. The van der Waals surface area contributed by atoms with Crippen molar-refractivity contribution in [3.63, 3.8) is 0 Å². The summed E-state index contributed by atoms with van der Waals surface area (Å²) in [5.41, 5.74) is 1.02. The van der Waals surface area contributed by atoms with Gasteiger partial charge in [-0.25, -0.2) is 0 Å². The van der Waals surface area contributed by atoms with E-state index in [2.05, 4.69) is 29.4 Å². The maximum Gasteiger partial charge on any atom is 0.162 e. The molecule has 3 rings (SSSR count). The zero-order valence-electron chi connectivity index (χ0n) is 12.3. The first-order chi connectivity index (χ1) is 10.3. The third-order valence-corrected chi connectivity index (χ3v) is 4.47. The van der Waals surface area contributed by atoms with Crippen molar-refractivity contribution >= 4 is 11.3 Å². The summed E-state index contributed by atoms with van der Waals surface area (Å²) >= 11 is 1.63. The highest BCUT2D eigenvalue weighted by Gasteiger charge is 2.17. The minimum atomic E-state index is 0.276. The van der Waals surface area contributed by atoms with Crippen molar-refractivity contribution in [2.75, 3.05) is 19.8 Å². The van der Waals surface area contributed by atoms with Crippen LogP contribution in [0, 0.1) is 0 Å². The van der Waals surface area contributed by atoms with Gasteiger partial charge in [0, 0.05) is 5.56 Å². The summed E-state index contributed by atoms with van der Waals surface area (Å²) in [4.78, 5) is 0. The van der Waals surface area contributed by atoms with Crippen LogP contribution in [0.5, 0.6) is 11.5 Å². The van der Waals surface area contributed by atoms with Crippen LogP contribution in [0.15, 0.2) is 18.2 Å². The van der Waals surface area contributed by atoms with Gasteiger partial charge in [-0.3, -0.25) is 0 Å². The summed E-state index contributed by atoms with van der Waals surface area (Å²) in [7, 11) is 0. The van der Waals surface area contributed by atoms with Gasteiger partial charge in [0.1, 0.15) is 23.2 Å². The van der Waals surface area contributed by atoms with Gasteiger partial charge in [0.2, 0.25) is 0 Å². The second-order valence-electron chi connectivity index (χ2n) is 4.82. The molecule has 5 nitrogen and oxygen atoms in total. The van der Waals surface area contributed by atoms with Crippen molar-refractivity contribution in [3.8, 4) is 22.1 Å². The van der Waals surface area contributed by atoms with E-state index in [4.69, 9.17) is 9.47 Å². The largest absolute Gasteiger partial charge is 0.486 e. The molecule has 0 amide bonds. The van der Waals surface area contributed by atoms with Crippen LogP contribution >= 0.6 is 11.3 Å². The van der Waals surface area contributed by atoms with Crippen LogP contribution in [0.2, 0.25) is 0 Å². The van der Waals surface area contributed by atoms with Gasteiger partial charge >= 0.3 is 0 Å². The Labute approximate surface area is 128 Å². The monoisotopic (exact) mass is 305 g/mol. The molecule has 0 spiro atoms. The lowest BCUT2D eigenvalue weighted by Crippen LogP contribution is -2.19. The lowest BCUT2D eigenvalue weighted by Gasteiger charge is -2.18. The molecule has 112 valence electrons. The quantitative estimate of drug-likeness (QED) is 0.920. The highest BCUT2D eigenvalue weighted by molar-refractivity contribution is 7.14. The van der Waals surface area contributed by atoms with E-state index >= 15 is 0 Å². The molecule has 1 N–H and O–H groups in total.